The highest BCUT2D eigenvalue weighted by molar-refractivity contribution is 5.99. The summed E-state index contributed by atoms with van der Waals surface area (Å²) in [6, 6.07) is 9.60. The lowest BCUT2D eigenvalue weighted by Gasteiger charge is -2.28. The average molecular weight is 424 g/mol. The van der Waals surface area contributed by atoms with Gasteiger partial charge in [-0.2, -0.15) is 0 Å². The predicted molar refractivity (Wildman–Crippen MR) is 120 cm³/mol. The Kier molecular flexibility index (Phi) is 6.36. The topological polar surface area (TPSA) is 101 Å². The van der Waals surface area contributed by atoms with Gasteiger partial charge in [-0.25, -0.2) is 4.98 Å². The molecule has 2 aliphatic rings. The number of ether oxygens (including phenoxy) is 1. The number of rotatable bonds is 6. The molecule has 2 amide bonds. The molecule has 2 aromatic rings. The van der Waals surface area contributed by atoms with Gasteiger partial charge in [-0.1, -0.05) is 12.8 Å². The number of nitrogens with one attached hydrogen (secondary N) is 1. The van der Waals surface area contributed by atoms with Crippen LogP contribution in [-0.2, 0) is 4.74 Å². The monoisotopic (exact) mass is 423 g/mol. The number of carbonyl (C=O) groups excluding carboxylic acids is 2. The molecule has 1 aromatic carbocycles. The van der Waals surface area contributed by atoms with Gasteiger partial charge in [0.25, 0.3) is 11.8 Å². The first-order valence-electron chi connectivity index (χ1n) is 10.8. The van der Waals surface area contributed by atoms with Crippen molar-refractivity contribution in [3.05, 3.63) is 47.7 Å². The Morgan fingerprint density at radius 3 is 2.48 bits per heavy atom. The van der Waals surface area contributed by atoms with Crippen molar-refractivity contribution in [2.45, 2.75) is 31.7 Å². The minimum atomic E-state index is -0.482. The number of hydrogen-bond acceptors (Lipinski definition) is 6. The number of benzene rings is 1. The molecule has 0 unspecified atom stereocenters. The van der Waals surface area contributed by atoms with Crippen LogP contribution in [-0.4, -0.2) is 61.1 Å². The molecule has 2 fully saturated rings. The molecule has 1 saturated heterocycles. The Labute approximate surface area is 182 Å². The Hall–Kier alpha value is -3.13. The minimum absolute atomic E-state index is 0.0132. The first kappa shape index (κ1) is 21.1. The molecule has 3 N–H and O–H groups in total. The molecule has 8 heteroatoms. The van der Waals surface area contributed by atoms with Gasteiger partial charge in [-0.3, -0.25) is 9.59 Å². The standard InChI is InChI=1S/C23H29N5O3/c1-27(18-4-2-3-5-18)20-14-21(25-15-19(20)22(24)29)26-17-8-6-16(7-9-17)23(30)28-10-12-31-13-11-28/h6-9,14-15,18H,2-5,10-13H2,1H3,(H2,24,29)(H,25,26). The highest BCUT2D eigenvalue weighted by atomic mass is 16.5. The van der Waals surface area contributed by atoms with Gasteiger partial charge in [0.2, 0.25) is 0 Å². The van der Waals surface area contributed by atoms with E-state index < -0.39 is 5.91 Å². The lowest BCUT2D eigenvalue weighted by Crippen LogP contribution is -2.40. The van der Waals surface area contributed by atoms with Crippen LogP contribution in [0.2, 0.25) is 0 Å². The van der Waals surface area contributed by atoms with E-state index in [0.29, 0.717) is 49.3 Å². The zero-order chi connectivity index (χ0) is 21.8. The third kappa shape index (κ3) is 4.80. The van der Waals surface area contributed by atoms with Gasteiger partial charge in [-0.15, -0.1) is 0 Å². The fourth-order valence-electron chi connectivity index (χ4n) is 4.28. The van der Waals surface area contributed by atoms with E-state index in [0.717, 1.165) is 24.2 Å². The van der Waals surface area contributed by atoms with Crippen molar-refractivity contribution in [1.82, 2.24) is 9.88 Å². The fourth-order valence-corrected chi connectivity index (χ4v) is 4.28. The fraction of sp³-hybridized carbons (Fsp3) is 0.435. The Morgan fingerprint density at radius 1 is 1.16 bits per heavy atom. The molecule has 0 atom stereocenters. The Bertz CT molecular complexity index is 935. The second-order valence-corrected chi connectivity index (χ2v) is 8.11. The molecular formula is C23H29N5O3. The number of amides is 2. The van der Waals surface area contributed by atoms with Gasteiger partial charge in [0.1, 0.15) is 5.82 Å². The van der Waals surface area contributed by atoms with E-state index in [1.165, 1.54) is 19.0 Å². The smallest absolute Gasteiger partial charge is 0.254 e. The minimum Gasteiger partial charge on any atom is -0.378 e. The van der Waals surface area contributed by atoms with Crippen molar-refractivity contribution in [3.8, 4) is 0 Å². The first-order valence-corrected chi connectivity index (χ1v) is 10.8. The van der Waals surface area contributed by atoms with Crippen LogP contribution in [0.25, 0.3) is 0 Å². The maximum absolute atomic E-state index is 12.6. The van der Waals surface area contributed by atoms with Crippen LogP contribution < -0.4 is 16.0 Å². The summed E-state index contributed by atoms with van der Waals surface area (Å²) in [5, 5.41) is 3.27. The molecule has 0 spiro atoms. The lowest BCUT2D eigenvalue weighted by atomic mass is 10.1. The van der Waals surface area contributed by atoms with Crippen LogP contribution in [0.5, 0.6) is 0 Å². The van der Waals surface area contributed by atoms with Gasteiger partial charge in [0, 0.05) is 49.7 Å². The zero-order valence-electron chi connectivity index (χ0n) is 17.8. The maximum atomic E-state index is 12.6. The summed E-state index contributed by atoms with van der Waals surface area (Å²) in [6.07, 6.45) is 6.15. The SMILES string of the molecule is CN(c1cc(Nc2ccc(C(=O)N3CCOCC3)cc2)ncc1C(N)=O)C1CCCC1. The first-order chi connectivity index (χ1) is 15.0. The molecule has 4 rings (SSSR count). The molecule has 0 radical (unpaired) electrons. The average Bonchev–Trinajstić information content (AvgIpc) is 3.34. The molecular weight excluding hydrogens is 394 g/mol. The normalized spacial score (nSPS) is 16.9. The number of aromatic nitrogens is 1. The van der Waals surface area contributed by atoms with E-state index in [1.54, 1.807) is 4.90 Å². The number of primary amides is 1. The predicted octanol–water partition coefficient (Wildman–Crippen LogP) is 2.78. The largest absolute Gasteiger partial charge is 0.378 e. The second kappa shape index (κ2) is 9.34. The number of morpholine rings is 1. The Morgan fingerprint density at radius 2 is 1.84 bits per heavy atom. The highest BCUT2D eigenvalue weighted by Gasteiger charge is 2.24. The summed E-state index contributed by atoms with van der Waals surface area (Å²) in [6.45, 7) is 2.39. The van der Waals surface area contributed by atoms with Gasteiger partial charge in [-0.05, 0) is 37.1 Å². The van der Waals surface area contributed by atoms with Crippen LogP contribution in [0, 0.1) is 0 Å². The zero-order valence-corrected chi connectivity index (χ0v) is 17.8. The lowest BCUT2D eigenvalue weighted by molar-refractivity contribution is 0.0303. The number of nitrogens with two attached hydrogens (primary N) is 1. The van der Waals surface area contributed by atoms with E-state index in [2.05, 4.69) is 15.2 Å². The van der Waals surface area contributed by atoms with Crippen LogP contribution in [0.4, 0.5) is 17.2 Å². The molecule has 1 saturated carbocycles. The summed E-state index contributed by atoms with van der Waals surface area (Å²) in [7, 11) is 2.01. The Balaban J connectivity index is 1.50. The maximum Gasteiger partial charge on any atom is 0.254 e. The molecule has 8 nitrogen and oxygen atoms in total. The summed E-state index contributed by atoms with van der Waals surface area (Å²) in [5.74, 6) is 0.154. The van der Waals surface area contributed by atoms with Crippen molar-refractivity contribution in [2.75, 3.05) is 43.6 Å². The van der Waals surface area contributed by atoms with Gasteiger partial charge in [0.05, 0.1) is 24.5 Å². The van der Waals surface area contributed by atoms with Crippen molar-refractivity contribution in [3.63, 3.8) is 0 Å². The van der Waals surface area contributed by atoms with E-state index in [1.807, 2.05) is 37.4 Å². The van der Waals surface area contributed by atoms with Crippen molar-refractivity contribution >= 4 is 29.0 Å². The second-order valence-electron chi connectivity index (χ2n) is 8.11. The number of hydrogen-bond donors (Lipinski definition) is 2. The summed E-state index contributed by atoms with van der Waals surface area (Å²) in [4.78, 5) is 32.9. The van der Waals surface area contributed by atoms with Crippen molar-refractivity contribution in [1.29, 1.82) is 0 Å². The van der Waals surface area contributed by atoms with Gasteiger partial charge < -0.3 is 25.6 Å². The van der Waals surface area contributed by atoms with E-state index in [-0.39, 0.29) is 5.91 Å². The van der Waals surface area contributed by atoms with Crippen LogP contribution in [0.1, 0.15) is 46.4 Å². The third-order valence-corrected chi connectivity index (χ3v) is 6.10. The van der Waals surface area contributed by atoms with E-state index in [9.17, 15) is 9.59 Å². The quantitative estimate of drug-likeness (QED) is 0.741. The van der Waals surface area contributed by atoms with Crippen LogP contribution in [0.3, 0.4) is 0 Å². The molecule has 1 aromatic heterocycles. The van der Waals surface area contributed by atoms with Crippen LogP contribution in [0.15, 0.2) is 36.5 Å². The van der Waals surface area contributed by atoms with Crippen molar-refractivity contribution in [2.24, 2.45) is 5.73 Å². The number of pyridine rings is 1. The summed E-state index contributed by atoms with van der Waals surface area (Å²) >= 11 is 0. The van der Waals surface area contributed by atoms with E-state index in [4.69, 9.17) is 10.5 Å². The third-order valence-electron chi connectivity index (χ3n) is 6.10. The van der Waals surface area contributed by atoms with Gasteiger partial charge >= 0.3 is 0 Å². The molecule has 31 heavy (non-hydrogen) atoms. The number of nitrogens with zero attached hydrogens (tertiary/aromatic N) is 3. The van der Waals surface area contributed by atoms with Gasteiger partial charge in [0.15, 0.2) is 0 Å². The molecule has 0 bridgehead atoms. The summed E-state index contributed by atoms with van der Waals surface area (Å²) < 4.78 is 5.31. The number of carbonyl (C=O) groups is 2. The molecule has 2 heterocycles. The molecule has 1 aliphatic heterocycles. The van der Waals surface area contributed by atoms with Crippen LogP contribution >= 0.6 is 0 Å². The number of anilines is 3. The molecule has 164 valence electrons. The summed E-state index contributed by atoms with van der Waals surface area (Å²) in [5.41, 5.74) is 8.26. The highest BCUT2D eigenvalue weighted by Crippen LogP contribution is 2.31. The van der Waals surface area contributed by atoms with E-state index >= 15 is 0 Å². The molecule has 1 aliphatic carbocycles. The van der Waals surface area contributed by atoms with Crippen molar-refractivity contribution < 1.29 is 14.3 Å².